The molecule has 0 saturated carbocycles. The first-order valence-electron chi connectivity index (χ1n) is 9.39. The number of hydrazone groups is 1. The van der Waals surface area contributed by atoms with Gasteiger partial charge in [0.2, 0.25) is 0 Å². The number of nitrogens with zero attached hydrogens (tertiary/aromatic N) is 1. The Kier molecular flexibility index (Phi) is 6.12. The Bertz CT molecular complexity index is 1200. The smallest absolute Gasteiger partial charge is 0.283 e. The minimum absolute atomic E-state index is 0.321. The van der Waals surface area contributed by atoms with Crippen LogP contribution in [0.5, 0.6) is 5.75 Å². The van der Waals surface area contributed by atoms with Crippen molar-refractivity contribution < 1.29 is 9.53 Å². The van der Waals surface area contributed by atoms with Crippen molar-refractivity contribution in [2.75, 3.05) is 0 Å². The fourth-order valence-corrected chi connectivity index (χ4v) is 4.43. The molecule has 4 rings (SSSR count). The maximum Gasteiger partial charge on any atom is 0.283 e. The number of aryl methyl sites for hydroxylation is 1. The van der Waals surface area contributed by atoms with E-state index in [9.17, 15) is 4.79 Å². The summed E-state index contributed by atoms with van der Waals surface area (Å²) in [6.45, 7) is 2.52. The highest BCUT2D eigenvalue weighted by atomic mass is 35.5. The normalized spacial score (nSPS) is 11.1. The second-order valence-corrected chi connectivity index (χ2v) is 8.22. The average molecular weight is 435 g/mol. The van der Waals surface area contributed by atoms with Crippen molar-refractivity contribution in [1.82, 2.24) is 5.43 Å². The second kappa shape index (κ2) is 9.11. The maximum absolute atomic E-state index is 12.5. The number of carbonyl (C=O) groups is 1. The molecule has 30 heavy (non-hydrogen) atoms. The van der Waals surface area contributed by atoms with Gasteiger partial charge in [0, 0.05) is 10.1 Å². The van der Waals surface area contributed by atoms with Gasteiger partial charge in [-0.1, -0.05) is 54.1 Å². The Morgan fingerprint density at radius 2 is 1.87 bits per heavy atom. The van der Waals surface area contributed by atoms with Crippen LogP contribution in [-0.4, -0.2) is 12.1 Å². The number of hydrogen-bond donors (Lipinski definition) is 1. The predicted octanol–water partition coefficient (Wildman–Crippen LogP) is 6.21. The van der Waals surface area contributed by atoms with Crippen molar-refractivity contribution in [2.45, 2.75) is 13.5 Å². The summed E-state index contributed by atoms with van der Waals surface area (Å²) in [6.07, 6.45) is 1.59. The third-order valence-electron chi connectivity index (χ3n) is 4.50. The molecule has 0 radical (unpaired) electrons. The molecule has 4 nitrogen and oxygen atoms in total. The number of thiophene rings is 1. The lowest BCUT2D eigenvalue weighted by Gasteiger charge is -2.06. The number of carbonyl (C=O) groups excluding carboxylic acids is 1. The number of rotatable bonds is 6. The predicted molar refractivity (Wildman–Crippen MR) is 124 cm³/mol. The molecule has 6 heteroatoms. The van der Waals surface area contributed by atoms with Gasteiger partial charge in [0.05, 0.1) is 11.2 Å². The summed E-state index contributed by atoms with van der Waals surface area (Å²) >= 11 is 7.74. The Balaban J connectivity index is 1.36. The van der Waals surface area contributed by atoms with Crippen LogP contribution in [-0.2, 0) is 6.61 Å². The number of fused-ring (bicyclic) bond motifs is 1. The Labute approximate surface area is 183 Å². The summed E-state index contributed by atoms with van der Waals surface area (Å²) in [5, 5.41) is 5.40. The van der Waals surface area contributed by atoms with E-state index in [0.717, 1.165) is 32.5 Å². The van der Waals surface area contributed by atoms with Crippen molar-refractivity contribution in [2.24, 2.45) is 5.10 Å². The first-order chi connectivity index (χ1) is 14.6. The number of halogens is 1. The molecule has 0 fully saturated rings. The third kappa shape index (κ3) is 4.70. The Morgan fingerprint density at radius 3 is 2.63 bits per heavy atom. The van der Waals surface area contributed by atoms with Crippen LogP contribution in [0.4, 0.5) is 0 Å². The van der Waals surface area contributed by atoms with Gasteiger partial charge < -0.3 is 4.74 Å². The molecular formula is C24H19ClN2O2S. The minimum Gasteiger partial charge on any atom is -0.489 e. The summed E-state index contributed by atoms with van der Waals surface area (Å²) < 4.78 is 6.76. The van der Waals surface area contributed by atoms with Gasteiger partial charge in [-0.2, -0.15) is 5.10 Å². The number of benzene rings is 3. The van der Waals surface area contributed by atoms with E-state index in [1.807, 2.05) is 79.7 Å². The molecule has 0 spiro atoms. The van der Waals surface area contributed by atoms with Gasteiger partial charge in [-0.05, 0) is 53.9 Å². The highest BCUT2D eigenvalue weighted by molar-refractivity contribution is 7.21. The van der Waals surface area contributed by atoms with Crippen LogP contribution in [0, 0.1) is 6.92 Å². The lowest BCUT2D eigenvalue weighted by atomic mass is 10.2. The molecule has 0 unspecified atom stereocenters. The van der Waals surface area contributed by atoms with Gasteiger partial charge in [-0.15, -0.1) is 11.3 Å². The van der Waals surface area contributed by atoms with E-state index in [0.29, 0.717) is 16.5 Å². The fourth-order valence-electron chi connectivity index (χ4n) is 2.93. The van der Waals surface area contributed by atoms with Crippen LogP contribution in [0.15, 0.2) is 77.9 Å². The van der Waals surface area contributed by atoms with Gasteiger partial charge in [-0.3, -0.25) is 4.79 Å². The summed E-state index contributed by atoms with van der Waals surface area (Å²) in [7, 11) is 0. The van der Waals surface area contributed by atoms with E-state index in [2.05, 4.69) is 10.5 Å². The van der Waals surface area contributed by atoms with Crippen LogP contribution in [0.1, 0.15) is 26.4 Å². The molecule has 0 saturated heterocycles. The summed E-state index contributed by atoms with van der Waals surface area (Å²) in [6, 6.07) is 23.4. The molecule has 1 amide bonds. The van der Waals surface area contributed by atoms with Crippen LogP contribution < -0.4 is 10.2 Å². The van der Waals surface area contributed by atoms with Gasteiger partial charge in [0.25, 0.3) is 5.91 Å². The van der Waals surface area contributed by atoms with E-state index >= 15 is 0 Å². The first-order valence-corrected chi connectivity index (χ1v) is 10.6. The zero-order valence-corrected chi connectivity index (χ0v) is 17.8. The average Bonchev–Trinajstić information content (AvgIpc) is 3.09. The summed E-state index contributed by atoms with van der Waals surface area (Å²) in [5.74, 6) is 0.449. The number of hydrogen-bond acceptors (Lipinski definition) is 4. The molecule has 1 N–H and O–H groups in total. The molecule has 0 bridgehead atoms. The largest absolute Gasteiger partial charge is 0.489 e. The fraction of sp³-hybridized carbons (Fsp3) is 0.0833. The van der Waals surface area contributed by atoms with Gasteiger partial charge >= 0.3 is 0 Å². The molecule has 3 aromatic carbocycles. The second-order valence-electron chi connectivity index (χ2n) is 6.79. The number of amides is 1. The standard InChI is InChI=1S/C24H19ClN2O2S/c1-16-7-12-20-21(13-16)30-23(22(20)25)24(28)27-26-14-17-8-10-19(11-9-17)29-15-18-5-3-2-4-6-18/h2-14H,15H2,1H3,(H,27,28). The summed E-state index contributed by atoms with van der Waals surface area (Å²) in [5.41, 5.74) is 5.64. The van der Waals surface area contributed by atoms with Crippen LogP contribution in [0.3, 0.4) is 0 Å². The molecular weight excluding hydrogens is 416 g/mol. The Morgan fingerprint density at radius 1 is 1.10 bits per heavy atom. The quantitative estimate of drug-likeness (QED) is 0.290. The maximum atomic E-state index is 12.5. The highest BCUT2D eigenvalue weighted by Gasteiger charge is 2.16. The van der Waals surface area contributed by atoms with Crippen molar-refractivity contribution in [3.05, 3.63) is 99.4 Å². The van der Waals surface area contributed by atoms with Crippen molar-refractivity contribution in [3.8, 4) is 5.75 Å². The number of ether oxygens (including phenoxy) is 1. The molecule has 1 aromatic heterocycles. The van der Waals surface area contributed by atoms with E-state index in [1.165, 1.54) is 11.3 Å². The topological polar surface area (TPSA) is 50.7 Å². The van der Waals surface area contributed by atoms with E-state index in [4.69, 9.17) is 16.3 Å². The molecule has 1 heterocycles. The Hall–Kier alpha value is -3.15. The van der Waals surface area contributed by atoms with Crippen molar-refractivity contribution in [3.63, 3.8) is 0 Å². The molecule has 150 valence electrons. The number of nitrogens with one attached hydrogen (secondary N) is 1. The molecule has 0 aliphatic heterocycles. The van der Waals surface area contributed by atoms with E-state index < -0.39 is 0 Å². The summed E-state index contributed by atoms with van der Waals surface area (Å²) in [4.78, 5) is 12.9. The van der Waals surface area contributed by atoms with Crippen LogP contribution in [0.25, 0.3) is 10.1 Å². The van der Waals surface area contributed by atoms with Gasteiger partial charge in [0.1, 0.15) is 17.2 Å². The lowest BCUT2D eigenvalue weighted by molar-refractivity contribution is 0.0959. The first kappa shape index (κ1) is 20.1. The van der Waals surface area contributed by atoms with Gasteiger partial charge in [0.15, 0.2) is 0 Å². The lowest BCUT2D eigenvalue weighted by Crippen LogP contribution is -2.16. The molecule has 0 aliphatic carbocycles. The van der Waals surface area contributed by atoms with Crippen LogP contribution in [0.2, 0.25) is 5.02 Å². The molecule has 4 aromatic rings. The zero-order chi connectivity index (χ0) is 20.9. The van der Waals surface area contributed by atoms with Gasteiger partial charge in [-0.25, -0.2) is 5.43 Å². The highest BCUT2D eigenvalue weighted by Crippen LogP contribution is 2.35. The van der Waals surface area contributed by atoms with Crippen LogP contribution >= 0.6 is 22.9 Å². The minimum atomic E-state index is -0.321. The molecule has 0 aliphatic rings. The zero-order valence-electron chi connectivity index (χ0n) is 16.3. The van der Waals surface area contributed by atoms with Crippen molar-refractivity contribution >= 4 is 45.1 Å². The SMILES string of the molecule is Cc1ccc2c(Cl)c(C(=O)NN=Cc3ccc(OCc4ccccc4)cc3)sc2c1. The van der Waals surface area contributed by atoms with Crippen molar-refractivity contribution in [1.29, 1.82) is 0 Å². The monoisotopic (exact) mass is 434 g/mol. The third-order valence-corrected chi connectivity index (χ3v) is 6.16. The molecule has 0 atom stereocenters. The van der Waals surface area contributed by atoms with E-state index in [1.54, 1.807) is 6.21 Å². The van der Waals surface area contributed by atoms with E-state index in [-0.39, 0.29) is 5.91 Å².